The van der Waals surface area contributed by atoms with Crippen molar-refractivity contribution in [2.75, 3.05) is 24.5 Å². The van der Waals surface area contributed by atoms with Crippen LogP contribution in [0.3, 0.4) is 0 Å². The van der Waals surface area contributed by atoms with Crippen LogP contribution in [0, 0.1) is 0 Å². The van der Waals surface area contributed by atoms with Gasteiger partial charge in [0, 0.05) is 18.7 Å². The lowest BCUT2D eigenvalue weighted by atomic mass is 10.0. The zero-order valence-corrected chi connectivity index (χ0v) is 11.6. The zero-order chi connectivity index (χ0) is 13.8. The van der Waals surface area contributed by atoms with Crippen molar-refractivity contribution in [2.45, 2.75) is 25.7 Å². The second-order valence-corrected chi connectivity index (χ2v) is 5.14. The lowest BCUT2D eigenvalue weighted by molar-refractivity contribution is 0.426. The van der Waals surface area contributed by atoms with Crippen LogP contribution in [0.5, 0.6) is 0 Å². The third-order valence-electron chi connectivity index (χ3n) is 3.72. The second kappa shape index (κ2) is 6.05. The molecule has 1 aromatic carbocycles. The van der Waals surface area contributed by atoms with Gasteiger partial charge in [-0.15, -0.1) is 0 Å². The quantitative estimate of drug-likeness (QED) is 0.924. The Balaban J connectivity index is 1.86. The van der Waals surface area contributed by atoms with Crippen molar-refractivity contribution in [1.29, 1.82) is 0 Å². The topological polar surface area (TPSA) is 68.2 Å². The van der Waals surface area contributed by atoms with Crippen molar-refractivity contribution >= 4 is 5.95 Å². The number of hydrogen-bond acceptors (Lipinski definition) is 5. The fourth-order valence-corrected chi connectivity index (χ4v) is 2.65. The first-order valence-electron chi connectivity index (χ1n) is 7.25. The molecule has 1 aromatic heterocycles. The number of rotatable bonds is 4. The number of nitrogens with zero attached hydrogens (tertiary/aromatic N) is 3. The van der Waals surface area contributed by atoms with Crippen molar-refractivity contribution in [3.05, 3.63) is 29.8 Å². The van der Waals surface area contributed by atoms with Gasteiger partial charge in [0.1, 0.15) is 0 Å². The maximum absolute atomic E-state index is 5.65. The lowest BCUT2D eigenvalue weighted by Crippen LogP contribution is -2.30. The molecule has 1 aliphatic rings. The van der Waals surface area contributed by atoms with Crippen LogP contribution < -0.4 is 10.6 Å². The van der Waals surface area contributed by atoms with Crippen molar-refractivity contribution in [2.24, 2.45) is 5.73 Å². The molecule has 1 aliphatic heterocycles. The van der Waals surface area contributed by atoms with Gasteiger partial charge in [-0.3, -0.25) is 0 Å². The summed E-state index contributed by atoms with van der Waals surface area (Å²) < 4.78 is 5.45. The Labute approximate surface area is 118 Å². The van der Waals surface area contributed by atoms with Gasteiger partial charge < -0.3 is 15.2 Å². The average molecular weight is 272 g/mol. The fourth-order valence-electron chi connectivity index (χ4n) is 2.65. The zero-order valence-electron chi connectivity index (χ0n) is 11.6. The minimum absolute atomic E-state index is 0.592. The fraction of sp³-hybridized carbons (Fsp3) is 0.467. The maximum atomic E-state index is 5.65. The van der Waals surface area contributed by atoms with Crippen LogP contribution in [0.2, 0.25) is 0 Å². The molecule has 20 heavy (non-hydrogen) atoms. The van der Waals surface area contributed by atoms with E-state index < -0.39 is 0 Å². The highest BCUT2D eigenvalue weighted by molar-refractivity contribution is 5.59. The van der Waals surface area contributed by atoms with Gasteiger partial charge in [0.15, 0.2) is 0 Å². The highest BCUT2D eigenvalue weighted by Gasteiger charge is 2.18. The van der Waals surface area contributed by atoms with Gasteiger partial charge in [0.25, 0.3) is 11.8 Å². The molecule has 0 bridgehead atoms. The van der Waals surface area contributed by atoms with Gasteiger partial charge in [-0.25, -0.2) is 0 Å². The van der Waals surface area contributed by atoms with Gasteiger partial charge in [0.05, 0.1) is 0 Å². The molecular weight excluding hydrogens is 252 g/mol. The van der Waals surface area contributed by atoms with Crippen molar-refractivity contribution in [1.82, 2.24) is 10.1 Å². The van der Waals surface area contributed by atoms with Gasteiger partial charge in [-0.2, -0.15) is 4.98 Å². The van der Waals surface area contributed by atoms with E-state index in [1.807, 2.05) is 18.2 Å². The van der Waals surface area contributed by atoms with Gasteiger partial charge in [-0.05, 0) is 49.0 Å². The van der Waals surface area contributed by atoms with Crippen molar-refractivity contribution < 1.29 is 4.52 Å². The Kier molecular flexibility index (Phi) is 3.97. The van der Waals surface area contributed by atoms with E-state index in [2.05, 4.69) is 21.1 Å². The van der Waals surface area contributed by atoms with Gasteiger partial charge in [0.2, 0.25) is 0 Å². The summed E-state index contributed by atoms with van der Waals surface area (Å²) in [5.74, 6) is 1.30. The smallest absolute Gasteiger partial charge is 0.266 e. The third kappa shape index (κ3) is 2.67. The predicted molar refractivity (Wildman–Crippen MR) is 78.6 cm³/mol. The highest BCUT2D eigenvalue weighted by Crippen LogP contribution is 2.25. The molecule has 5 heteroatoms. The first-order chi connectivity index (χ1) is 9.88. The molecule has 0 amide bonds. The van der Waals surface area contributed by atoms with Crippen molar-refractivity contribution in [3.8, 4) is 11.5 Å². The molecule has 0 unspecified atom stereocenters. The van der Waals surface area contributed by atoms with E-state index in [-0.39, 0.29) is 0 Å². The largest absolute Gasteiger partial charge is 0.338 e. The standard InChI is InChI=1S/C15H20N4O/c16-9-8-12-6-2-3-7-13(12)14-17-15(18-20-14)19-10-4-1-5-11-19/h2-3,6-7H,1,4-5,8-11,16H2. The minimum atomic E-state index is 0.592. The van der Waals surface area contributed by atoms with Crippen LogP contribution in [-0.4, -0.2) is 29.8 Å². The number of nitrogens with two attached hydrogens (primary N) is 1. The molecule has 2 heterocycles. The summed E-state index contributed by atoms with van der Waals surface area (Å²) in [5, 5.41) is 4.13. The molecule has 2 N–H and O–H groups in total. The molecule has 0 aliphatic carbocycles. The Morgan fingerprint density at radius 1 is 1.15 bits per heavy atom. The molecular formula is C15H20N4O. The monoisotopic (exact) mass is 272 g/mol. The molecule has 2 aromatic rings. The van der Waals surface area contributed by atoms with Crippen LogP contribution in [0.25, 0.3) is 11.5 Å². The normalized spacial score (nSPS) is 15.6. The van der Waals surface area contributed by atoms with Crippen molar-refractivity contribution in [3.63, 3.8) is 0 Å². The summed E-state index contributed by atoms with van der Waals surface area (Å²) in [6.45, 7) is 2.65. The first-order valence-corrected chi connectivity index (χ1v) is 7.25. The van der Waals surface area contributed by atoms with Crippen LogP contribution >= 0.6 is 0 Å². The molecule has 0 radical (unpaired) electrons. The summed E-state index contributed by atoms with van der Waals surface area (Å²) in [6.07, 6.45) is 4.51. The number of anilines is 1. The van der Waals surface area contributed by atoms with Gasteiger partial charge in [-0.1, -0.05) is 18.2 Å². The van der Waals surface area contributed by atoms with E-state index in [1.54, 1.807) is 0 Å². The summed E-state index contributed by atoms with van der Waals surface area (Å²) in [6, 6.07) is 8.07. The second-order valence-electron chi connectivity index (χ2n) is 5.14. The highest BCUT2D eigenvalue weighted by atomic mass is 16.5. The summed E-state index contributed by atoms with van der Waals surface area (Å²) in [7, 11) is 0. The van der Waals surface area contributed by atoms with Crippen LogP contribution in [0.1, 0.15) is 24.8 Å². The average Bonchev–Trinajstić information content (AvgIpc) is 2.99. The van der Waals surface area contributed by atoms with Crippen LogP contribution in [0.4, 0.5) is 5.95 Å². The predicted octanol–water partition coefficient (Wildman–Crippen LogP) is 2.23. The van der Waals surface area contributed by atoms with E-state index in [0.29, 0.717) is 18.4 Å². The molecule has 5 nitrogen and oxygen atoms in total. The van der Waals surface area contributed by atoms with E-state index in [9.17, 15) is 0 Å². The SMILES string of the molecule is NCCc1ccccc1-c1nc(N2CCCCC2)no1. The molecule has 3 rings (SSSR count). The Morgan fingerprint density at radius 3 is 2.75 bits per heavy atom. The number of hydrogen-bond donors (Lipinski definition) is 1. The third-order valence-corrected chi connectivity index (χ3v) is 3.72. The Bertz CT molecular complexity index is 561. The maximum Gasteiger partial charge on any atom is 0.266 e. The molecule has 106 valence electrons. The van der Waals surface area contributed by atoms with Crippen LogP contribution in [0.15, 0.2) is 28.8 Å². The summed E-state index contributed by atoms with van der Waals surface area (Å²) >= 11 is 0. The van der Waals surface area contributed by atoms with Gasteiger partial charge >= 0.3 is 0 Å². The lowest BCUT2D eigenvalue weighted by Gasteiger charge is -2.24. The molecule has 0 atom stereocenters. The number of aromatic nitrogens is 2. The van der Waals surface area contributed by atoms with E-state index in [0.717, 1.165) is 30.6 Å². The molecule has 1 saturated heterocycles. The Morgan fingerprint density at radius 2 is 1.95 bits per heavy atom. The number of benzene rings is 1. The Hall–Kier alpha value is -1.88. The summed E-state index contributed by atoms with van der Waals surface area (Å²) in [4.78, 5) is 6.75. The van der Waals surface area contributed by atoms with Crippen LogP contribution in [-0.2, 0) is 6.42 Å². The van der Waals surface area contributed by atoms with E-state index >= 15 is 0 Å². The first kappa shape index (κ1) is 13.1. The summed E-state index contributed by atoms with van der Waals surface area (Å²) in [5.41, 5.74) is 7.81. The molecule has 1 fully saturated rings. The van der Waals surface area contributed by atoms with E-state index in [1.165, 1.54) is 19.3 Å². The molecule has 0 saturated carbocycles. The minimum Gasteiger partial charge on any atom is -0.338 e. The molecule has 0 spiro atoms. The van der Waals surface area contributed by atoms with E-state index in [4.69, 9.17) is 10.3 Å². The number of piperidine rings is 1.